The van der Waals surface area contributed by atoms with E-state index in [0.29, 0.717) is 0 Å². The summed E-state index contributed by atoms with van der Waals surface area (Å²) in [4.78, 5) is 4.94. The third-order valence-corrected chi connectivity index (χ3v) is 14.4. The van der Waals surface area contributed by atoms with E-state index >= 15 is 0 Å². The van der Waals surface area contributed by atoms with Crippen molar-refractivity contribution >= 4 is 44.9 Å². The normalized spacial score (nSPS) is 15.5. The Balaban J connectivity index is 1.09. The summed E-state index contributed by atoms with van der Waals surface area (Å²) in [6, 6.07) is 85.7. The van der Waals surface area contributed by atoms with Gasteiger partial charge in [0.1, 0.15) is 0 Å². The molecule has 1 unspecified atom stereocenters. The molecule has 10 aromatic carbocycles. The number of rotatable bonds is 6. The Hall–Kier alpha value is -7.94. The number of nitrogens with zero attached hydrogens (tertiary/aromatic N) is 2. The molecule has 2 nitrogen and oxygen atoms in total. The molecule has 302 valence electrons. The zero-order valence-corrected chi connectivity index (χ0v) is 35.8. The van der Waals surface area contributed by atoms with E-state index in [9.17, 15) is 0 Å². The molecule has 0 aliphatic heterocycles. The highest BCUT2D eigenvalue weighted by Crippen LogP contribution is 2.65. The summed E-state index contributed by atoms with van der Waals surface area (Å²) in [5, 5.41) is 2.48. The van der Waals surface area contributed by atoms with Crippen LogP contribution in [0.5, 0.6) is 0 Å². The van der Waals surface area contributed by atoms with Gasteiger partial charge in [-0.05, 0) is 133 Å². The quantitative estimate of drug-likeness (QED) is 0.165. The second-order valence-corrected chi connectivity index (χ2v) is 18.0. The Morgan fingerprint density at radius 2 is 0.766 bits per heavy atom. The molecule has 1 atom stereocenters. The molecular weight excluding hydrogens is 773 g/mol. The third-order valence-electron chi connectivity index (χ3n) is 14.4. The lowest BCUT2D eigenvalue weighted by atomic mass is 9.70. The van der Waals surface area contributed by atoms with Gasteiger partial charge in [0, 0.05) is 33.6 Å². The van der Waals surface area contributed by atoms with Crippen LogP contribution < -0.4 is 9.80 Å². The molecule has 0 saturated heterocycles. The van der Waals surface area contributed by atoms with E-state index in [2.05, 4.69) is 254 Å². The summed E-state index contributed by atoms with van der Waals surface area (Å²) >= 11 is 0. The first-order valence-corrected chi connectivity index (χ1v) is 22.4. The lowest BCUT2D eigenvalue weighted by Crippen LogP contribution is -2.26. The van der Waals surface area contributed by atoms with Gasteiger partial charge in [-0.15, -0.1) is 0 Å². The summed E-state index contributed by atoms with van der Waals surface area (Å²) in [7, 11) is 0. The van der Waals surface area contributed by atoms with Gasteiger partial charge in [0.25, 0.3) is 0 Å². The Bertz CT molecular complexity index is 3440. The Morgan fingerprint density at radius 1 is 0.297 bits per heavy atom. The summed E-state index contributed by atoms with van der Waals surface area (Å²) in [5.74, 6) is 0. The highest BCUT2D eigenvalue weighted by atomic mass is 15.2. The number of hydrogen-bond acceptors (Lipinski definition) is 2. The summed E-state index contributed by atoms with van der Waals surface area (Å²) in [6.45, 7) is 4.77. The first kappa shape index (κ1) is 36.7. The maximum absolute atomic E-state index is 2.53. The van der Waals surface area contributed by atoms with Gasteiger partial charge in [0.15, 0.2) is 0 Å². The van der Waals surface area contributed by atoms with Crippen molar-refractivity contribution in [3.05, 3.63) is 264 Å². The summed E-state index contributed by atoms with van der Waals surface area (Å²) in [6.07, 6.45) is 0. The molecule has 0 heterocycles. The molecule has 3 aliphatic carbocycles. The highest BCUT2D eigenvalue weighted by Gasteiger charge is 2.52. The lowest BCUT2D eigenvalue weighted by molar-refractivity contribution is 0.661. The number of para-hydroxylation sites is 3. The van der Waals surface area contributed by atoms with Crippen molar-refractivity contribution in [3.8, 4) is 33.4 Å². The maximum Gasteiger partial charge on any atom is 0.0726 e. The molecule has 0 aromatic heterocycles. The van der Waals surface area contributed by atoms with E-state index < -0.39 is 5.41 Å². The number of benzene rings is 10. The van der Waals surface area contributed by atoms with Crippen molar-refractivity contribution < 1.29 is 0 Å². The standard InChI is InChI=1S/C62H44N2/c1-61(2)52-33-17-14-27-45(52)49-32-20-36-57(60(49)61)64(43-25-10-5-11-26-43)44-37-38-55-51(39-44)46-28-15-18-34-53(46)62(55)54-35-19-16-31-50(54)59-48-30-13-12-29-47(48)58(40-56(59)62)63(41-21-6-3-7-22-41)42-23-8-4-9-24-42/h3-40H,1-2H3. The van der Waals surface area contributed by atoms with Crippen molar-refractivity contribution in [2.75, 3.05) is 9.80 Å². The van der Waals surface area contributed by atoms with Gasteiger partial charge in [0.2, 0.25) is 0 Å². The Kier molecular flexibility index (Phi) is 7.90. The van der Waals surface area contributed by atoms with Crippen molar-refractivity contribution in [1.29, 1.82) is 0 Å². The Labute approximate surface area is 375 Å². The molecule has 3 aliphatic rings. The van der Waals surface area contributed by atoms with E-state index in [1.165, 1.54) is 88.9 Å². The fraction of sp³-hybridized carbons (Fsp3) is 0.0645. The molecule has 0 saturated carbocycles. The summed E-state index contributed by atoms with van der Waals surface area (Å²) < 4.78 is 0. The predicted octanol–water partition coefficient (Wildman–Crippen LogP) is 16.4. The van der Waals surface area contributed by atoms with Crippen molar-refractivity contribution in [2.24, 2.45) is 0 Å². The average Bonchev–Trinajstić information content (AvgIpc) is 3.91. The van der Waals surface area contributed by atoms with Crippen LogP contribution in [0.3, 0.4) is 0 Å². The first-order chi connectivity index (χ1) is 31.5. The molecule has 0 bridgehead atoms. The fourth-order valence-corrected chi connectivity index (χ4v) is 11.9. The van der Waals surface area contributed by atoms with Gasteiger partial charge in [-0.1, -0.05) is 184 Å². The lowest BCUT2D eigenvalue weighted by Gasteiger charge is -2.34. The van der Waals surface area contributed by atoms with Crippen LogP contribution in [-0.2, 0) is 10.8 Å². The molecule has 0 radical (unpaired) electrons. The van der Waals surface area contributed by atoms with Crippen LogP contribution in [0.1, 0.15) is 47.2 Å². The molecule has 0 N–H and O–H groups in total. The molecular formula is C62H44N2. The van der Waals surface area contributed by atoms with Gasteiger partial charge in [-0.2, -0.15) is 0 Å². The van der Waals surface area contributed by atoms with Crippen LogP contribution in [0.4, 0.5) is 34.1 Å². The van der Waals surface area contributed by atoms with Crippen LogP contribution in [0.25, 0.3) is 44.2 Å². The first-order valence-electron chi connectivity index (χ1n) is 22.4. The van der Waals surface area contributed by atoms with E-state index in [1.54, 1.807) is 0 Å². The molecule has 10 aromatic rings. The minimum Gasteiger partial charge on any atom is -0.310 e. The minimum absolute atomic E-state index is 0.186. The largest absolute Gasteiger partial charge is 0.310 e. The highest BCUT2D eigenvalue weighted by molar-refractivity contribution is 6.12. The van der Waals surface area contributed by atoms with Crippen molar-refractivity contribution in [2.45, 2.75) is 24.7 Å². The second kappa shape index (κ2) is 13.8. The van der Waals surface area contributed by atoms with E-state index in [4.69, 9.17) is 0 Å². The zero-order valence-electron chi connectivity index (χ0n) is 35.8. The third kappa shape index (κ3) is 4.97. The SMILES string of the molecule is CC1(C)c2ccccc2-c2cccc(N(c3ccccc3)c3ccc4c(c3)-c3ccccc3C43c4ccccc4-c4c3cc(N(c3ccccc3)c3ccccc3)c3ccccc43)c21. The molecule has 0 amide bonds. The van der Waals surface area contributed by atoms with Crippen molar-refractivity contribution in [3.63, 3.8) is 0 Å². The maximum atomic E-state index is 2.53. The number of hydrogen-bond donors (Lipinski definition) is 0. The van der Waals surface area contributed by atoms with Gasteiger partial charge in [-0.3, -0.25) is 0 Å². The van der Waals surface area contributed by atoms with Crippen LogP contribution in [0, 0.1) is 0 Å². The van der Waals surface area contributed by atoms with Gasteiger partial charge in [-0.25, -0.2) is 0 Å². The summed E-state index contributed by atoms with van der Waals surface area (Å²) in [5.41, 5.74) is 22.0. The van der Waals surface area contributed by atoms with E-state index in [-0.39, 0.29) is 5.41 Å². The van der Waals surface area contributed by atoms with Gasteiger partial charge < -0.3 is 9.80 Å². The average molecular weight is 817 g/mol. The molecule has 0 fully saturated rings. The molecule has 13 rings (SSSR count). The van der Waals surface area contributed by atoms with Crippen molar-refractivity contribution in [1.82, 2.24) is 0 Å². The monoisotopic (exact) mass is 816 g/mol. The smallest absolute Gasteiger partial charge is 0.0726 e. The zero-order chi connectivity index (χ0) is 42.6. The van der Waals surface area contributed by atoms with E-state index in [1.807, 2.05) is 0 Å². The van der Waals surface area contributed by atoms with Gasteiger partial charge in [0.05, 0.1) is 16.8 Å². The van der Waals surface area contributed by atoms with Crippen LogP contribution in [0.15, 0.2) is 231 Å². The number of anilines is 6. The van der Waals surface area contributed by atoms with Crippen LogP contribution >= 0.6 is 0 Å². The molecule has 2 heteroatoms. The molecule has 1 spiro atoms. The second-order valence-electron chi connectivity index (χ2n) is 18.0. The topological polar surface area (TPSA) is 6.48 Å². The fourth-order valence-electron chi connectivity index (χ4n) is 11.9. The van der Waals surface area contributed by atoms with Crippen LogP contribution in [0.2, 0.25) is 0 Å². The van der Waals surface area contributed by atoms with E-state index in [0.717, 1.165) is 22.7 Å². The Morgan fingerprint density at radius 3 is 1.41 bits per heavy atom. The predicted molar refractivity (Wildman–Crippen MR) is 267 cm³/mol. The minimum atomic E-state index is -0.552. The van der Waals surface area contributed by atoms with Crippen LogP contribution in [-0.4, -0.2) is 0 Å². The van der Waals surface area contributed by atoms with Gasteiger partial charge >= 0.3 is 0 Å². The molecule has 64 heavy (non-hydrogen) atoms. The number of fused-ring (bicyclic) bond motifs is 15.